The molecule has 1 aromatic carbocycles. The van der Waals surface area contributed by atoms with E-state index in [1.807, 2.05) is 38.1 Å². The van der Waals surface area contributed by atoms with Gasteiger partial charge in [-0.3, -0.25) is 14.6 Å². The third-order valence-electron chi connectivity index (χ3n) is 7.60. The van der Waals surface area contributed by atoms with Crippen LogP contribution in [0.2, 0.25) is 0 Å². The number of nitrogens with zero attached hydrogens (tertiary/aromatic N) is 2. The number of anilines is 1. The van der Waals surface area contributed by atoms with Crippen LogP contribution in [0.4, 0.5) is 5.69 Å². The van der Waals surface area contributed by atoms with Crippen molar-refractivity contribution in [3.63, 3.8) is 0 Å². The van der Waals surface area contributed by atoms with Gasteiger partial charge in [0.1, 0.15) is 5.56 Å². The van der Waals surface area contributed by atoms with E-state index in [0.717, 1.165) is 60.2 Å². The van der Waals surface area contributed by atoms with Crippen molar-refractivity contribution in [3.8, 4) is 11.5 Å². The summed E-state index contributed by atoms with van der Waals surface area (Å²) in [5.41, 5.74) is 3.88. The molecule has 1 aliphatic heterocycles. The highest BCUT2D eigenvalue weighted by Gasteiger charge is 2.32. The molecule has 0 unspecified atom stereocenters. The van der Waals surface area contributed by atoms with E-state index < -0.39 is 5.91 Å². The molecule has 9 heteroatoms. The lowest BCUT2D eigenvalue weighted by Crippen LogP contribution is -2.37. The number of benzene rings is 1. The highest BCUT2D eigenvalue weighted by Crippen LogP contribution is 2.43. The maximum atomic E-state index is 13.9. The highest BCUT2D eigenvalue weighted by molar-refractivity contribution is 6.08. The summed E-state index contributed by atoms with van der Waals surface area (Å²) in [6, 6.07) is 7.54. The summed E-state index contributed by atoms with van der Waals surface area (Å²) in [5.74, 6) is 1.15. The lowest BCUT2D eigenvalue weighted by molar-refractivity contribution is 0.0939. The number of amides is 1. The number of carbonyl (C=O) groups excluding carboxylic acids is 1. The van der Waals surface area contributed by atoms with Crippen LogP contribution in [0.3, 0.4) is 0 Å². The van der Waals surface area contributed by atoms with Crippen LogP contribution < -0.4 is 30.6 Å². The summed E-state index contributed by atoms with van der Waals surface area (Å²) in [5, 5.41) is 7.47. The first kappa shape index (κ1) is 26.0. The maximum absolute atomic E-state index is 13.9. The van der Waals surface area contributed by atoms with Crippen LogP contribution in [0, 0.1) is 6.92 Å². The minimum atomic E-state index is -0.405. The fourth-order valence-electron chi connectivity index (χ4n) is 5.33. The van der Waals surface area contributed by atoms with Crippen LogP contribution in [0.25, 0.3) is 10.9 Å². The van der Waals surface area contributed by atoms with Crippen molar-refractivity contribution >= 4 is 22.5 Å². The molecule has 9 nitrogen and oxygen atoms in total. The number of hydrogen-bond acceptors (Lipinski definition) is 7. The molecule has 1 saturated heterocycles. The quantitative estimate of drug-likeness (QED) is 0.436. The second-order valence-electron chi connectivity index (χ2n) is 10.5. The van der Waals surface area contributed by atoms with Crippen molar-refractivity contribution in [1.82, 2.24) is 20.6 Å². The Kier molecular flexibility index (Phi) is 7.29. The Bertz CT molecular complexity index is 1410. The van der Waals surface area contributed by atoms with Gasteiger partial charge in [-0.2, -0.15) is 0 Å². The van der Waals surface area contributed by atoms with Crippen LogP contribution in [0.15, 0.2) is 29.1 Å². The minimum absolute atomic E-state index is 0.145. The zero-order valence-corrected chi connectivity index (χ0v) is 22.8. The van der Waals surface area contributed by atoms with Crippen molar-refractivity contribution in [3.05, 3.63) is 57.1 Å². The van der Waals surface area contributed by atoms with Gasteiger partial charge in [-0.25, -0.2) is 0 Å². The number of rotatable bonds is 7. The number of aryl methyl sites for hydroxylation is 1. The van der Waals surface area contributed by atoms with Crippen LogP contribution >= 0.6 is 0 Å². The number of ether oxygens (including phenoxy) is 2. The van der Waals surface area contributed by atoms with Crippen molar-refractivity contribution in [2.75, 3.05) is 38.8 Å². The number of methoxy groups -OCH3 is 2. The van der Waals surface area contributed by atoms with Crippen LogP contribution in [0.5, 0.6) is 11.5 Å². The number of nitrogens with one attached hydrogen (secondary N) is 3. The first-order chi connectivity index (χ1) is 18.3. The Morgan fingerprint density at radius 1 is 1.13 bits per heavy atom. The minimum Gasteiger partial charge on any atom is -0.493 e. The second kappa shape index (κ2) is 10.6. The second-order valence-corrected chi connectivity index (χ2v) is 10.5. The summed E-state index contributed by atoms with van der Waals surface area (Å²) >= 11 is 0. The molecule has 2 fully saturated rings. The third-order valence-corrected chi connectivity index (χ3v) is 7.60. The summed E-state index contributed by atoms with van der Waals surface area (Å²) < 4.78 is 10.8. The number of aromatic amines is 1. The number of fused-ring (bicyclic) bond motifs is 1. The number of carbonyl (C=O) groups is 1. The highest BCUT2D eigenvalue weighted by atomic mass is 16.5. The Morgan fingerprint density at radius 3 is 2.61 bits per heavy atom. The molecule has 38 heavy (non-hydrogen) atoms. The SMILES string of the molecule is COc1ccc([C@H](C)NC(=O)c2c(N3CCN[C@@H](C)CC3)c3cc(C)nc(C4CC4)c3[nH]c2=O)cc1OC. The summed E-state index contributed by atoms with van der Waals surface area (Å²) in [6.07, 6.45) is 3.05. The summed E-state index contributed by atoms with van der Waals surface area (Å²) in [4.78, 5) is 37.5. The lowest BCUT2D eigenvalue weighted by atomic mass is 10.0. The molecule has 3 heterocycles. The Morgan fingerprint density at radius 2 is 1.89 bits per heavy atom. The van der Waals surface area contributed by atoms with Gasteiger partial charge in [-0.1, -0.05) is 6.07 Å². The largest absolute Gasteiger partial charge is 0.493 e. The van der Waals surface area contributed by atoms with Gasteiger partial charge < -0.3 is 30.0 Å². The van der Waals surface area contributed by atoms with Gasteiger partial charge >= 0.3 is 0 Å². The number of pyridine rings is 2. The van der Waals surface area contributed by atoms with Crippen molar-refractivity contribution in [2.24, 2.45) is 0 Å². The number of hydrogen-bond donors (Lipinski definition) is 3. The number of H-pyrrole nitrogens is 1. The Labute approximate surface area is 222 Å². The average molecular weight is 520 g/mol. The van der Waals surface area contributed by atoms with Crippen molar-refractivity contribution in [2.45, 2.75) is 58.0 Å². The molecule has 1 amide bonds. The van der Waals surface area contributed by atoms with E-state index in [4.69, 9.17) is 14.5 Å². The molecule has 2 aliphatic rings. The predicted octanol–water partition coefficient (Wildman–Crippen LogP) is 3.81. The van der Waals surface area contributed by atoms with Crippen molar-refractivity contribution in [1.29, 1.82) is 0 Å². The summed E-state index contributed by atoms with van der Waals surface area (Å²) in [6.45, 7) is 8.26. The van der Waals surface area contributed by atoms with Gasteiger partial charge in [0.25, 0.3) is 11.5 Å². The molecule has 2 atom stereocenters. The molecular formula is C29H37N5O4. The monoisotopic (exact) mass is 519 g/mol. The molecule has 1 saturated carbocycles. The lowest BCUT2D eigenvalue weighted by Gasteiger charge is -2.27. The zero-order valence-electron chi connectivity index (χ0n) is 22.8. The molecule has 3 aromatic rings. The predicted molar refractivity (Wildman–Crippen MR) is 149 cm³/mol. The first-order valence-corrected chi connectivity index (χ1v) is 13.4. The standard InChI is InChI=1S/C29H37N5O4/c1-16-10-12-34(13-11-30-16)27-21-14-17(2)31-25(19-6-7-19)26(21)33-29(36)24(27)28(35)32-18(3)20-8-9-22(37-4)23(15-20)38-5/h8-9,14-16,18-19,30H,6-7,10-13H2,1-5H3,(H,32,35)(H,33,36)/t16-,18-/m0/s1. The van der Waals surface area contributed by atoms with E-state index in [1.165, 1.54) is 0 Å². The van der Waals surface area contributed by atoms with Gasteiger partial charge in [-0.15, -0.1) is 0 Å². The first-order valence-electron chi connectivity index (χ1n) is 13.4. The average Bonchev–Trinajstić information content (AvgIpc) is 3.76. The Hall–Kier alpha value is -3.59. The van der Waals surface area contributed by atoms with E-state index >= 15 is 0 Å². The molecule has 3 N–H and O–H groups in total. The summed E-state index contributed by atoms with van der Waals surface area (Å²) in [7, 11) is 3.16. The van der Waals surface area contributed by atoms with E-state index in [9.17, 15) is 9.59 Å². The topological polar surface area (TPSA) is 109 Å². The molecule has 1 aliphatic carbocycles. The third kappa shape index (κ3) is 5.07. The molecular weight excluding hydrogens is 482 g/mol. The van der Waals surface area contributed by atoms with Crippen LogP contribution in [-0.2, 0) is 0 Å². The fourth-order valence-corrected chi connectivity index (χ4v) is 5.33. The van der Waals surface area contributed by atoms with Gasteiger partial charge in [0.2, 0.25) is 0 Å². The number of aromatic nitrogens is 2. The van der Waals surface area contributed by atoms with Crippen molar-refractivity contribution < 1.29 is 14.3 Å². The zero-order chi connectivity index (χ0) is 27.0. The molecule has 2 aromatic heterocycles. The Balaban J connectivity index is 1.59. The fraction of sp³-hybridized carbons (Fsp3) is 0.483. The van der Waals surface area contributed by atoms with Crippen LogP contribution in [-0.4, -0.2) is 55.8 Å². The van der Waals surface area contributed by atoms with E-state index in [-0.39, 0.29) is 17.2 Å². The molecule has 0 bridgehead atoms. The van der Waals surface area contributed by atoms with Crippen LogP contribution in [0.1, 0.15) is 72.4 Å². The van der Waals surface area contributed by atoms with E-state index in [1.54, 1.807) is 14.2 Å². The van der Waals surface area contributed by atoms with E-state index in [0.29, 0.717) is 35.7 Å². The van der Waals surface area contributed by atoms with Gasteiger partial charge in [0, 0.05) is 42.7 Å². The molecule has 0 radical (unpaired) electrons. The van der Waals surface area contributed by atoms with Gasteiger partial charge in [-0.05, 0) is 63.8 Å². The molecule has 202 valence electrons. The maximum Gasteiger partial charge on any atom is 0.263 e. The normalized spacial score (nSPS) is 18.7. The van der Waals surface area contributed by atoms with Gasteiger partial charge in [0.15, 0.2) is 11.5 Å². The van der Waals surface area contributed by atoms with Gasteiger partial charge in [0.05, 0.1) is 37.2 Å². The van der Waals surface area contributed by atoms with E-state index in [2.05, 4.69) is 27.4 Å². The molecule has 5 rings (SSSR count). The smallest absolute Gasteiger partial charge is 0.263 e. The molecule has 0 spiro atoms.